The monoisotopic (exact) mass is 241 g/mol. The van der Waals surface area contributed by atoms with Gasteiger partial charge < -0.3 is 10.2 Å². The van der Waals surface area contributed by atoms with E-state index in [1.54, 1.807) is 28.1 Å². The molecule has 0 aliphatic carbocycles. The van der Waals surface area contributed by atoms with E-state index in [-0.39, 0.29) is 24.0 Å². The molecule has 1 rings (SSSR count). The molecular formula is C9H15N5O3. The molecule has 0 saturated heterocycles. The lowest BCUT2D eigenvalue weighted by Gasteiger charge is -2.11. The molecule has 0 aliphatic rings. The number of anilines is 1. The number of hydrogen-bond donors (Lipinski definition) is 1. The fraction of sp³-hybridized carbons (Fsp3) is 0.556. The van der Waals surface area contributed by atoms with E-state index >= 15 is 0 Å². The number of nitrogens with one attached hydrogen (secondary N) is 1. The number of nitro groups is 1. The number of amides is 1. The molecule has 0 fully saturated rings. The van der Waals surface area contributed by atoms with Crippen LogP contribution in [-0.4, -0.2) is 46.2 Å². The molecular weight excluding hydrogens is 226 g/mol. The molecule has 0 radical (unpaired) electrons. The molecule has 0 bridgehead atoms. The van der Waals surface area contributed by atoms with Crippen molar-refractivity contribution in [3.05, 3.63) is 15.8 Å². The summed E-state index contributed by atoms with van der Waals surface area (Å²) >= 11 is 0. The van der Waals surface area contributed by atoms with Crippen molar-refractivity contribution in [1.29, 1.82) is 0 Å². The highest BCUT2D eigenvalue weighted by molar-refractivity contribution is 5.81. The molecule has 1 aromatic rings. The molecule has 1 N–H and O–H groups in total. The van der Waals surface area contributed by atoms with Crippen molar-refractivity contribution in [1.82, 2.24) is 14.7 Å². The van der Waals surface area contributed by atoms with Crippen LogP contribution in [0.1, 0.15) is 5.69 Å². The number of nitrogens with zero attached hydrogens (tertiary/aromatic N) is 4. The Balaban J connectivity index is 2.91. The van der Waals surface area contributed by atoms with Crippen molar-refractivity contribution in [3.8, 4) is 0 Å². The van der Waals surface area contributed by atoms with Gasteiger partial charge in [-0.3, -0.25) is 14.9 Å². The summed E-state index contributed by atoms with van der Waals surface area (Å²) in [6.45, 7) is 1.55. The normalized spacial score (nSPS) is 10.1. The molecule has 0 atom stereocenters. The molecule has 1 aromatic heterocycles. The smallest absolute Gasteiger partial charge is 0.333 e. The summed E-state index contributed by atoms with van der Waals surface area (Å²) in [5.41, 5.74) is 0.219. The van der Waals surface area contributed by atoms with Gasteiger partial charge in [-0.05, 0) is 6.92 Å². The first kappa shape index (κ1) is 12.9. The average Bonchev–Trinajstić information content (AvgIpc) is 2.49. The van der Waals surface area contributed by atoms with E-state index in [0.717, 1.165) is 0 Å². The number of carbonyl (C=O) groups is 1. The molecule has 1 amide bonds. The van der Waals surface area contributed by atoms with E-state index in [0.29, 0.717) is 5.69 Å². The molecule has 0 spiro atoms. The summed E-state index contributed by atoms with van der Waals surface area (Å²) in [4.78, 5) is 23.1. The zero-order valence-corrected chi connectivity index (χ0v) is 10.2. The van der Waals surface area contributed by atoms with Gasteiger partial charge in [0.15, 0.2) is 0 Å². The van der Waals surface area contributed by atoms with Crippen LogP contribution >= 0.6 is 0 Å². The highest BCUT2D eigenvalue weighted by Crippen LogP contribution is 2.26. The zero-order valence-electron chi connectivity index (χ0n) is 10.2. The fourth-order valence-electron chi connectivity index (χ4n) is 1.38. The first-order valence-electron chi connectivity index (χ1n) is 4.96. The molecule has 0 aromatic carbocycles. The zero-order chi connectivity index (χ0) is 13.2. The second-order valence-electron chi connectivity index (χ2n) is 3.81. The van der Waals surface area contributed by atoms with Crippen molar-refractivity contribution >= 4 is 17.4 Å². The van der Waals surface area contributed by atoms with Crippen LogP contribution in [0.5, 0.6) is 0 Å². The molecule has 0 saturated carbocycles. The van der Waals surface area contributed by atoms with E-state index in [4.69, 9.17) is 0 Å². The van der Waals surface area contributed by atoms with E-state index in [1.165, 1.54) is 9.58 Å². The predicted molar refractivity (Wildman–Crippen MR) is 61.8 cm³/mol. The topological polar surface area (TPSA) is 93.3 Å². The van der Waals surface area contributed by atoms with Gasteiger partial charge >= 0.3 is 5.69 Å². The third-order valence-corrected chi connectivity index (χ3v) is 2.28. The first-order chi connectivity index (χ1) is 7.84. The summed E-state index contributed by atoms with van der Waals surface area (Å²) in [5.74, 6) is 0.0702. The second kappa shape index (κ2) is 4.81. The van der Waals surface area contributed by atoms with Gasteiger partial charge in [-0.2, -0.15) is 5.10 Å². The van der Waals surface area contributed by atoms with E-state index in [2.05, 4.69) is 10.4 Å². The van der Waals surface area contributed by atoms with Crippen LogP contribution in [0.4, 0.5) is 11.5 Å². The minimum absolute atomic E-state index is 0.00713. The van der Waals surface area contributed by atoms with Gasteiger partial charge in [0, 0.05) is 21.1 Å². The maximum atomic E-state index is 11.4. The standard InChI is InChI=1S/C9H15N5O3/c1-6-8(14(16)17)9(13(4)11-6)10-5-7(15)12(2)3/h10H,5H2,1-4H3. The van der Waals surface area contributed by atoms with Gasteiger partial charge in [0.25, 0.3) is 0 Å². The Morgan fingerprint density at radius 1 is 1.59 bits per heavy atom. The van der Waals surface area contributed by atoms with Gasteiger partial charge in [0.2, 0.25) is 11.7 Å². The lowest BCUT2D eigenvalue weighted by molar-refractivity contribution is -0.384. The Hall–Kier alpha value is -2.12. The number of likely N-dealkylation sites (N-methyl/N-ethyl adjacent to an activating group) is 1. The van der Waals surface area contributed by atoms with E-state index in [9.17, 15) is 14.9 Å². The van der Waals surface area contributed by atoms with Crippen molar-refractivity contribution in [3.63, 3.8) is 0 Å². The molecule has 94 valence electrons. The van der Waals surface area contributed by atoms with Crippen LogP contribution in [0.3, 0.4) is 0 Å². The number of rotatable bonds is 4. The maximum Gasteiger partial charge on any atom is 0.333 e. The molecule has 8 heteroatoms. The Kier molecular flexibility index (Phi) is 3.66. The van der Waals surface area contributed by atoms with Gasteiger partial charge in [0.1, 0.15) is 5.69 Å². The van der Waals surface area contributed by atoms with Gasteiger partial charge in [0.05, 0.1) is 11.5 Å². The van der Waals surface area contributed by atoms with Crippen LogP contribution in [-0.2, 0) is 11.8 Å². The summed E-state index contributed by atoms with van der Waals surface area (Å²) in [6.07, 6.45) is 0. The third kappa shape index (κ3) is 2.71. The number of aryl methyl sites for hydroxylation is 2. The Morgan fingerprint density at radius 3 is 2.65 bits per heavy atom. The Morgan fingerprint density at radius 2 is 2.18 bits per heavy atom. The lowest BCUT2D eigenvalue weighted by Crippen LogP contribution is -2.29. The largest absolute Gasteiger partial charge is 0.355 e. The molecule has 17 heavy (non-hydrogen) atoms. The molecule has 0 unspecified atom stereocenters. The number of aromatic nitrogens is 2. The molecule has 1 heterocycles. The van der Waals surface area contributed by atoms with E-state index < -0.39 is 4.92 Å². The molecule has 8 nitrogen and oxygen atoms in total. The average molecular weight is 241 g/mol. The lowest BCUT2D eigenvalue weighted by atomic mass is 10.4. The van der Waals surface area contributed by atoms with Crippen LogP contribution < -0.4 is 5.32 Å². The maximum absolute atomic E-state index is 11.4. The Labute approximate surface area is 98.4 Å². The second-order valence-corrected chi connectivity index (χ2v) is 3.81. The van der Waals surface area contributed by atoms with Gasteiger partial charge in [-0.25, -0.2) is 4.68 Å². The SMILES string of the molecule is Cc1nn(C)c(NCC(=O)N(C)C)c1[N+](=O)[O-]. The number of carbonyl (C=O) groups excluding carboxylic acids is 1. The van der Waals surface area contributed by atoms with Crippen molar-refractivity contribution in [2.75, 3.05) is 26.0 Å². The van der Waals surface area contributed by atoms with Gasteiger partial charge in [-0.1, -0.05) is 0 Å². The first-order valence-corrected chi connectivity index (χ1v) is 4.96. The summed E-state index contributed by atoms with van der Waals surface area (Å²) < 4.78 is 1.36. The highest BCUT2D eigenvalue weighted by Gasteiger charge is 2.24. The van der Waals surface area contributed by atoms with Crippen molar-refractivity contribution in [2.45, 2.75) is 6.92 Å². The van der Waals surface area contributed by atoms with Crippen LogP contribution in [0.25, 0.3) is 0 Å². The highest BCUT2D eigenvalue weighted by atomic mass is 16.6. The third-order valence-electron chi connectivity index (χ3n) is 2.28. The predicted octanol–water partition coefficient (Wildman–Crippen LogP) is 0.137. The summed E-state index contributed by atoms with van der Waals surface area (Å²) in [5, 5.41) is 17.5. The summed E-state index contributed by atoms with van der Waals surface area (Å²) in [7, 11) is 4.82. The van der Waals surface area contributed by atoms with Crippen LogP contribution in [0.2, 0.25) is 0 Å². The van der Waals surface area contributed by atoms with Crippen LogP contribution in [0, 0.1) is 17.0 Å². The molecule has 0 aliphatic heterocycles. The Bertz CT molecular complexity index is 452. The van der Waals surface area contributed by atoms with E-state index in [1.807, 2.05) is 0 Å². The summed E-state index contributed by atoms with van der Waals surface area (Å²) in [6, 6.07) is 0. The van der Waals surface area contributed by atoms with Crippen molar-refractivity contribution in [2.24, 2.45) is 7.05 Å². The van der Waals surface area contributed by atoms with Crippen LogP contribution in [0.15, 0.2) is 0 Å². The van der Waals surface area contributed by atoms with Gasteiger partial charge in [-0.15, -0.1) is 0 Å². The fourth-order valence-corrected chi connectivity index (χ4v) is 1.38. The minimum Gasteiger partial charge on any atom is -0.355 e. The van der Waals surface area contributed by atoms with Crippen molar-refractivity contribution < 1.29 is 9.72 Å². The minimum atomic E-state index is -0.509. The number of hydrogen-bond acceptors (Lipinski definition) is 5. The quantitative estimate of drug-likeness (QED) is 0.597.